The molecule has 152 valence electrons. The standard InChI is InChI=1S/C22H21N5O2S/c1-14-4-2-3-5-16(14)18-12-30-22(24-18)17-11-23-27-19(10-20(29)25-21(17)27)15-6-8-26(13-28)9-7-15/h2-5,10-13,15H,6-9H2,1H3,(H,25,29). The molecule has 4 heterocycles. The van der Waals surface area contributed by atoms with E-state index >= 15 is 0 Å². The van der Waals surface area contributed by atoms with Crippen LogP contribution in [-0.2, 0) is 4.79 Å². The Kier molecular flexibility index (Phi) is 4.71. The Labute approximate surface area is 177 Å². The van der Waals surface area contributed by atoms with Crippen molar-refractivity contribution in [1.82, 2.24) is 24.5 Å². The predicted octanol–water partition coefficient (Wildman–Crippen LogP) is 3.46. The van der Waals surface area contributed by atoms with Gasteiger partial charge in [0.05, 0.1) is 23.1 Å². The number of nitrogens with one attached hydrogen (secondary N) is 1. The van der Waals surface area contributed by atoms with Gasteiger partial charge in [0.1, 0.15) is 10.7 Å². The number of rotatable bonds is 4. The number of piperidine rings is 1. The zero-order chi connectivity index (χ0) is 20.7. The highest BCUT2D eigenvalue weighted by atomic mass is 32.1. The van der Waals surface area contributed by atoms with E-state index in [0.29, 0.717) is 18.7 Å². The lowest BCUT2D eigenvalue weighted by atomic mass is 9.93. The molecule has 1 fully saturated rings. The number of aromatic nitrogens is 4. The van der Waals surface area contributed by atoms with Crippen LogP contribution in [0.15, 0.2) is 46.7 Å². The zero-order valence-corrected chi connectivity index (χ0v) is 17.4. The van der Waals surface area contributed by atoms with Crippen molar-refractivity contribution in [3.8, 4) is 21.8 Å². The summed E-state index contributed by atoms with van der Waals surface area (Å²) in [5.74, 6) is 0.192. The fourth-order valence-electron chi connectivity index (χ4n) is 4.14. The molecule has 1 aromatic carbocycles. The third kappa shape index (κ3) is 3.23. The zero-order valence-electron chi connectivity index (χ0n) is 16.5. The molecule has 30 heavy (non-hydrogen) atoms. The minimum Gasteiger partial charge on any atom is -0.345 e. The second-order valence-electron chi connectivity index (χ2n) is 7.65. The van der Waals surface area contributed by atoms with Gasteiger partial charge in [-0.15, -0.1) is 11.3 Å². The number of amides is 1. The molecule has 7 nitrogen and oxygen atoms in total. The molecule has 0 spiro atoms. The first-order valence-electron chi connectivity index (χ1n) is 9.96. The molecule has 1 amide bonds. The maximum absolute atomic E-state index is 12.4. The summed E-state index contributed by atoms with van der Waals surface area (Å²) in [4.78, 5) is 33.0. The van der Waals surface area contributed by atoms with Gasteiger partial charge in [0.2, 0.25) is 6.41 Å². The van der Waals surface area contributed by atoms with Crippen LogP contribution in [0.2, 0.25) is 0 Å². The highest BCUT2D eigenvalue weighted by Crippen LogP contribution is 2.33. The number of aromatic amines is 1. The van der Waals surface area contributed by atoms with Gasteiger partial charge in [-0.1, -0.05) is 24.3 Å². The number of carbonyl (C=O) groups is 1. The normalized spacial score (nSPS) is 15.0. The van der Waals surface area contributed by atoms with Crippen molar-refractivity contribution in [2.75, 3.05) is 13.1 Å². The van der Waals surface area contributed by atoms with Crippen LogP contribution in [0.3, 0.4) is 0 Å². The van der Waals surface area contributed by atoms with E-state index in [1.54, 1.807) is 28.5 Å². The van der Waals surface area contributed by atoms with Crippen LogP contribution in [-0.4, -0.2) is 44.0 Å². The van der Waals surface area contributed by atoms with E-state index in [9.17, 15) is 9.59 Å². The molecule has 5 rings (SSSR count). The van der Waals surface area contributed by atoms with E-state index < -0.39 is 0 Å². The van der Waals surface area contributed by atoms with Crippen molar-refractivity contribution >= 4 is 23.4 Å². The first kappa shape index (κ1) is 18.7. The lowest BCUT2D eigenvalue weighted by molar-refractivity contribution is -0.119. The minimum atomic E-state index is -0.146. The van der Waals surface area contributed by atoms with Crippen LogP contribution >= 0.6 is 11.3 Å². The average molecular weight is 420 g/mol. The number of carbonyl (C=O) groups excluding carboxylic acids is 1. The van der Waals surface area contributed by atoms with Crippen molar-refractivity contribution in [1.29, 1.82) is 0 Å². The van der Waals surface area contributed by atoms with Gasteiger partial charge in [-0.2, -0.15) is 5.10 Å². The summed E-state index contributed by atoms with van der Waals surface area (Å²) in [6.07, 6.45) is 4.31. The summed E-state index contributed by atoms with van der Waals surface area (Å²) < 4.78 is 1.83. The molecule has 0 bridgehead atoms. The van der Waals surface area contributed by atoms with Crippen LogP contribution in [0.4, 0.5) is 0 Å². The van der Waals surface area contributed by atoms with Gasteiger partial charge < -0.3 is 9.88 Å². The van der Waals surface area contributed by atoms with Crippen molar-refractivity contribution in [2.24, 2.45) is 0 Å². The molecular formula is C22H21N5O2S. The predicted molar refractivity (Wildman–Crippen MR) is 117 cm³/mol. The highest BCUT2D eigenvalue weighted by Gasteiger charge is 2.24. The van der Waals surface area contributed by atoms with E-state index in [2.05, 4.69) is 29.1 Å². The van der Waals surface area contributed by atoms with E-state index in [1.807, 2.05) is 22.0 Å². The van der Waals surface area contributed by atoms with Crippen molar-refractivity contribution in [2.45, 2.75) is 25.7 Å². The second-order valence-corrected chi connectivity index (χ2v) is 8.50. The van der Waals surface area contributed by atoms with Gasteiger partial charge in [-0.3, -0.25) is 9.59 Å². The van der Waals surface area contributed by atoms with Crippen molar-refractivity contribution < 1.29 is 4.79 Å². The molecule has 0 saturated carbocycles. The summed E-state index contributed by atoms with van der Waals surface area (Å²) in [6.45, 7) is 3.47. The van der Waals surface area contributed by atoms with Crippen LogP contribution in [0, 0.1) is 6.92 Å². The molecule has 0 unspecified atom stereocenters. The van der Waals surface area contributed by atoms with Gasteiger partial charge in [-0.05, 0) is 25.3 Å². The molecule has 0 atom stereocenters. The molecule has 1 aliphatic heterocycles. The maximum Gasteiger partial charge on any atom is 0.251 e. The van der Waals surface area contributed by atoms with Crippen LogP contribution in [0.25, 0.3) is 27.5 Å². The number of H-pyrrole nitrogens is 1. The molecule has 0 radical (unpaired) electrons. The first-order chi connectivity index (χ1) is 14.6. The minimum absolute atomic E-state index is 0.146. The fraction of sp³-hybridized carbons (Fsp3) is 0.273. The summed E-state index contributed by atoms with van der Waals surface area (Å²) in [6, 6.07) is 9.80. The lowest BCUT2D eigenvalue weighted by Gasteiger charge is -2.29. The third-order valence-corrected chi connectivity index (χ3v) is 6.66. The monoisotopic (exact) mass is 419 g/mol. The van der Waals surface area contributed by atoms with Crippen LogP contribution in [0.1, 0.15) is 30.0 Å². The van der Waals surface area contributed by atoms with Crippen LogP contribution in [0.5, 0.6) is 0 Å². The second kappa shape index (κ2) is 7.53. The molecule has 8 heteroatoms. The Morgan fingerprint density at radius 1 is 1.20 bits per heavy atom. The molecule has 0 aliphatic carbocycles. The summed E-state index contributed by atoms with van der Waals surface area (Å²) >= 11 is 1.54. The Balaban J connectivity index is 1.55. The molecular weight excluding hydrogens is 398 g/mol. The molecule has 4 aromatic rings. The molecule has 1 N–H and O–H groups in total. The van der Waals surface area contributed by atoms with Gasteiger partial charge in [0.15, 0.2) is 0 Å². The highest BCUT2D eigenvalue weighted by molar-refractivity contribution is 7.13. The number of benzene rings is 1. The third-order valence-electron chi connectivity index (χ3n) is 5.79. The van der Waals surface area contributed by atoms with E-state index in [4.69, 9.17) is 4.98 Å². The quantitative estimate of drug-likeness (QED) is 0.514. The molecule has 3 aromatic heterocycles. The first-order valence-corrected chi connectivity index (χ1v) is 10.8. The van der Waals surface area contributed by atoms with E-state index in [1.165, 1.54) is 5.56 Å². The summed E-state index contributed by atoms with van der Waals surface area (Å²) in [7, 11) is 0. The largest absolute Gasteiger partial charge is 0.345 e. The van der Waals surface area contributed by atoms with Crippen LogP contribution < -0.4 is 5.56 Å². The Morgan fingerprint density at radius 3 is 2.77 bits per heavy atom. The van der Waals surface area contributed by atoms with Crippen molar-refractivity contribution in [3.63, 3.8) is 0 Å². The topological polar surface area (TPSA) is 83.4 Å². The summed E-state index contributed by atoms with van der Waals surface area (Å²) in [5, 5.41) is 7.45. The van der Waals surface area contributed by atoms with E-state index in [-0.39, 0.29) is 11.5 Å². The fourth-order valence-corrected chi connectivity index (χ4v) is 4.97. The SMILES string of the molecule is Cc1ccccc1-c1csc(-c2cnn3c(C4CCN(C=O)CC4)cc(=O)[nH]c23)n1. The number of likely N-dealkylation sites (tertiary alicyclic amines) is 1. The lowest BCUT2D eigenvalue weighted by Crippen LogP contribution is -2.32. The number of nitrogens with zero attached hydrogens (tertiary/aromatic N) is 4. The Morgan fingerprint density at radius 2 is 2.00 bits per heavy atom. The van der Waals surface area contributed by atoms with Gasteiger partial charge in [0.25, 0.3) is 5.56 Å². The average Bonchev–Trinajstić information content (AvgIpc) is 3.40. The van der Waals surface area contributed by atoms with Gasteiger partial charge in [0, 0.05) is 36.0 Å². The smallest absolute Gasteiger partial charge is 0.251 e. The number of hydrogen-bond acceptors (Lipinski definition) is 5. The Bertz CT molecular complexity index is 1280. The summed E-state index contributed by atoms with van der Waals surface area (Å²) in [5.41, 5.74) is 5.44. The van der Waals surface area contributed by atoms with Gasteiger partial charge in [-0.25, -0.2) is 9.50 Å². The molecule has 1 saturated heterocycles. The van der Waals surface area contributed by atoms with E-state index in [0.717, 1.165) is 46.8 Å². The maximum atomic E-state index is 12.4. The molecule has 1 aliphatic rings. The van der Waals surface area contributed by atoms with Crippen molar-refractivity contribution in [3.05, 3.63) is 63.5 Å². The number of aryl methyl sites for hydroxylation is 1. The Hall–Kier alpha value is -3.26. The number of hydrogen-bond donors (Lipinski definition) is 1. The van der Waals surface area contributed by atoms with Gasteiger partial charge >= 0.3 is 0 Å². The number of fused-ring (bicyclic) bond motifs is 1. The number of thiazole rings is 1.